The fraction of sp³-hybridized carbons (Fsp3) is 0.611. The normalized spacial score (nSPS) is 21.0. The van der Waals surface area contributed by atoms with Gasteiger partial charge in [0.05, 0.1) is 19.3 Å². The topological polar surface area (TPSA) is 56.1 Å². The highest BCUT2D eigenvalue weighted by Crippen LogP contribution is 2.39. The van der Waals surface area contributed by atoms with E-state index in [9.17, 15) is 0 Å². The van der Waals surface area contributed by atoms with E-state index in [0.29, 0.717) is 29.3 Å². The van der Waals surface area contributed by atoms with Gasteiger partial charge >= 0.3 is 0 Å². The summed E-state index contributed by atoms with van der Waals surface area (Å²) in [6.45, 7) is 2.96. The fourth-order valence-corrected chi connectivity index (χ4v) is 4.65. The lowest BCUT2D eigenvalue weighted by Gasteiger charge is -2.35. The molecule has 0 spiro atoms. The lowest BCUT2D eigenvalue weighted by Crippen LogP contribution is -2.41. The minimum Gasteiger partial charge on any atom is -0.379 e. The molecule has 26 heavy (non-hydrogen) atoms. The first-order valence-electron chi connectivity index (χ1n) is 9.29. The molecule has 1 atom stereocenters. The highest BCUT2D eigenvalue weighted by Gasteiger charge is 2.34. The maximum atomic E-state index is 6.58. The maximum Gasteiger partial charge on any atom is 0.173 e. The molecular weight excluding hydrogens is 373 g/mol. The molecule has 0 radical (unpaired) electrons. The van der Waals surface area contributed by atoms with Gasteiger partial charge in [-0.2, -0.15) is 0 Å². The number of tetrazole rings is 1. The van der Waals surface area contributed by atoms with E-state index in [-0.39, 0.29) is 6.04 Å². The monoisotopic (exact) mass is 395 g/mol. The van der Waals surface area contributed by atoms with E-state index in [1.54, 1.807) is 0 Å². The standard InChI is InChI=1S/C18H23Cl2N5O/c19-14-7-4-8-15(20)16(14)17(24-9-11-26-12-10-24)18-21-22-23-25(18)13-5-2-1-3-6-13/h4,7-8,13,17H,1-3,5-6,9-12H2/t17-/m0/s1. The van der Waals surface area contributed by atoms with Crippen molar-refractivity contribution in [2.45, 2.75) is 44.2 Å². The van der Waals surface area contributed by atoms with Crippen LogP contribution >= 0.6 is 23.2 Å². The Labute approximate surface area is 163 Å². The third-order valence-electron chi connectivity index (χ3n) is 5.37. The van der Waals surface area contributed by atoms with Gasteiger partial charge in [-0.05, 0) is 35.4 Å². The van der Waals surface area contributed by atoms with Crippen molar-refractivity contribution in [2.75, 3.05) is 26.3 Å². The van der Waals surface area contributed by atoms with Crippen molar-refractivity contribution in [1.82, 2.24) is 25.1 Å². The van der Waals surface area contributed by atoms with Crippen molar-refractivity contribution in [3.63, 3.8) is 0 Å². The number of aromatic nitrogens is 4. The zero-order valence-corrected chi connectivity index (χ0v) is 16.2. The van der Waals surface area contributed by atoms with Crippen molar-refractivity contribution < 1.29 is 4.74 Å². The van der Waals surface area contributed by atoms with Crippen molar-refractivity contribution >= 4 is 23.2 Å². The summed E-state index contributed by atoms with van der Waals surface area (Å²) in [5, 5.41) is 14.1. The molecule has 0 bridgehead atoms. The minimum atomic E-state index is -0.169. The van der Waals surface area contributed by atoms with Gasteiger partial charge in [0, 0.05) is 28.7 Å². The molecule has 4 rings (SSSR count). The van der Waals surface area contributed by atoms with Crippen LogP contribution in [0.15, 0.2) is 18.2 Å². The minimum absolute atomic E-state index is 0.169. The Morgan fingerprint density at radius 3 is 2.42 bits per heavy atom. The Bertz CT molecular complexity index is 721. The van der Waals surface area contributed by atoms with Gasteiger partial charge in [-0.3, -0.25) is 4.90 Å². The van der Waals surface area contributed by atoms with Crippen LogP contribution in [0.25, 0.3) is 0 Å². The van der Waals surface area contributed by atoms with E-state index in [4.69, 9.17) is 27.9 Å². The van der Waals surface area contributed by atoms with Crippen molar-refractivity contribution in [2.24, 2.45) is 0 Å². The van der Waals surface area contributed by atoms with Gasteiger partial charge in [0.1, 0.15) is 6.04 Å². The predicted molar refractivity (Wildman–Crippen MR) is 101 cm³/mol. The Hall–Kier alpha value is -1.21. The molecule has 6 nitrogen and oxygen atoms in total. The van der Waals surface area contributed by atoms with Gasteiger partial charge in [-0.15, -0.1) is 5.10 Å². The molecule has 2 aliphatic rings. The van der Waals surface area contributed by atoms with Gasteiger partial charge in [-0.25, -0.2) is 4.68 Å². The molecule has 1 aromatic heterocycles. The first kappa shape index (κ1) is 18.2. The third kappa shape index (κ3) is 3.60. The van der Waals surface area contributed by atoms with Crippen LogP contribution in [0.2, 0.25) is 10.0 Å². The second-order valence-electron chi connectivity index (χ2n) is 6.96. The number of ether oxygens (including phenoxy) is 1. The van der Waals surface area contributed by atoms with Crippen LogP contribution in [0.4, 0.5) is 0 Å². The van der Waals surface area contributed by atoms with E-state index in [1.165, 1.54) is 19.3 Å². The Morgan fingerprint density at radius 1 is 1.04 bits per heavy atom. The number of rotatable bonds is 4. The van der Waals surface area contributed by atoms with E-state index < -0.39 is 0 Å². The summed E-state index contributed by atoms with van der Waals surface area (Å²) in [6.07, 6.45) is 5.96. The molecular formula is C18H23Cl2N5O. The fourth-order valence-electron chi connectivity index (χ4n) is 4.05. The molecule has 2 aromatic rings. The summed E-state index contributed by atoms with van der Waals surface area (Å²) in [4.78, 5) is 2.32. The van der Waals surface area contributed by atoms with Crippen molar-refractivity contribution in [1.29, 1.82) is 0 Å². The van der Waals surface area contributed by atoms with E-state index >= 15 is 0 Å². The van der Waals surface area contributed by atoms with E-state index in [1.807, 2.05) is 22.9 Å². The molecule has 0 unspecified atom stereocenters. The van der Waals surface area contributed by atoms with Gasteiger partial charge in [0.2, 0.25) is 0 Å². The van der Waals surface area contributed by atoms with Crippen molar-refractivity contribution in [3.05, 3.63) is 39.6 Å². The molecule has 1 aromatic carbocycles. The van der Waals surface area contributed by atoms with Crippen molar-refractivity contribution in [3.8, 4) is 0 Å². The number of halogens is 2. The molecule has 0 N–H and O–H groups in total. The molecule has 1 aliphatic heterocycles. The number of morpholine rings is 1. The molecule has 1 saturated heterocycles. The Balaban J connectivity index is 1.78. The van der Waals surface area contributed by atoms with Crippen LogP contribution in [0.1, 0.15) is 55.6 Å². The summed E-state index contributed by atoms with van der Waals surface area (Å²) >= 11 is 13.2. The Morgan fingerprint density at radius 2 is 1.73 bits per heavy atom. The lowest BCUT2D eigenvalue weighted by molar-refractivity contribution is 0.0211. The SMILES string of the molecule is Clc1cccc(Cl)c1[C@@H](c1nnnn1C1CCCCC1)N1CCOCC1. The van der Waals surface area contributed by atoms with Crippen LogP contribution in [0.5, 0.6) is 0 Å². The zero-order chi connectivity index (χ0) is 17.9. The number of benzene rings is 1. The third-order valence-corrected chi connectivity index (χ3v) is 6.03. The summed E-state index contributed by atoms with van der Waals surface area (Å²) < 4.78 is 7.56. The van der Waals surface area contributed by atoms with E-state index in [0.717, 1.165) is 37.3 Å². The molecule has 2 fully saturated rings. The second-order valence-corrected chi connectivity index (χ2v) is 7.77. The van der Waals surface area contributed by atoms with Gasteiger partial charge in [0.25, 0.3) is 0 Å². The van der Waals surface area contributed by atoms with Crippen LogP contribution in [0, 0.1) is 0 Å². The number of hydrogen-bond acceptors (Lipinski definition) is 5. The maximum absolute atomic E-state index is 6.58. The van der Waals surface area contributed by atoms with Crippen LogP contribution in [0.3, 0.4) is 0 Å². The first-order valence-corrected chi connectivity index (χ1v) is 10.0. The molecule has 2 heterocycles. The highest BCUT2D eigenvalue weighted by atomic mass is 35.5. The predicted octanol–water partition coefficient (Wildman–Crippen LogP) is 3.91. The molecule has 1 saturated carbocycles. The largest absolute Gasteiger partial charge is 0.379 e. The summed E-state index contributed by atoms with van der Waals surface area (Å²) in [5.74, 6) is 0.828. The molecule has 0 amide bonds. The highest BCUT2D eigenvalue weighted by molar-refractivity contribution is 6.36. The molecule has 1 aliphatic carbocycles. The average molecular weight is 396 g/mol. The zero-order valence-electron chi connectivity index (χ0n) is 14.7. The smallest absolute Gasteiger partial charge is 0.173 e. The van der Waals surface area contributed by atoms with Crippen LogP contribution < -0.4 is 0 Å². The Kier molecular flexibility index (Phi) is 5.74. The lowest BCUT2D eigenvalue weighted by atomic mass is 9.95. The van der Waals surface area contributed by atoms with Gasteiger partial charge < -0.3 is 4.74 Å². The number of nitrogens with zero attached hydrogens (tertiary/aromatic N) is 5. The second kappa shape index (κ2) is 8.21. The average Bonchev–Trinajstić information content (AvgIpc) is 3.15. The summed E-state index contributed by atoms with van der Waals surface area (Å²) in [7, 11) is 0. The number of hydrogen-bond donors (Lipinski definition) is 0. The van der Waals surface area contributed by atoms with Crippen LogP contribution in [-0.2, 0) is 4.74 Å². The van der Waals surface area contributed by atoms with Crippen LogP contribution in [-0.4, -0.2) is 51.4 Å². The first-order chi connectivity index (χ1) is 12.8. The molecule has 8 heteroatoms. The summed E-state index contributed by atoms with van der Waals surface area (Å²) in [5.41, 5.74) is 0.879. The molecule has 140 valence electrons. The van der Waals surface area contributed by atoms with Gasteiger partial charge in [-0.1, -0.05) is 48.5 Å². The quantitative estimate of drug-likeness (QED) is 0.785. The van der Waals surface area contributed by atoms with Gasteiger partial charge in [0.15, 0.2) is 5.82 Å². The van der Waals surface area contributed by atoms with E-state index in [2.05, 4.69) is 20.4 Å². The summed E-state index contributed by atoms with van der Waals surface area (Å²) in [6, 6.07) is 5.81.